The molecule has 3 heterocycles. The second-order valence-corrected chi connectivity index (χ2v) is 5.51. The van der Waals surface area contributed by atoms with E-state index in [1.807, 2.05) is 6.20 Å². The predicted octanol–water partition coefficient (Wildman–Crippen LogP) is 1.94. The minimum atomic E-state index is 0.857. The highest BCUT2D eigenvalue weighted by Crippen LogP contribution is 2.21. The zero-order valence-corrected chi connectivity index (χ0v) is 12.2. The number of aromatic nitrogens is 3. The van der Waals surface area contributed by atoms with Crippen LogP contribution in [-0.2, 0) is 6.54 Å². The number of rotatable bonds is 3. The van der Waals surface area contributed by atoms with Gasteiger partial charge in [-0.15, -0.1) is 0 Å². The number of fused-ring (bicyclic) bond motifs is 1. The molecule has 0 saturated carbocycles. The molecule has 0 amide bonds. The van der Waals surface area contributed by atoms with Crippen LogP contribution in [0.25, 0.3) is 10.9 Å². The van der Waals surface area contributed by atoms with E-state index in [1.165, 1.54) is 12.1 Å². The molecule has 2 aromatic heterocycles. The zero-order valence-electron chi connectivity index (χ0n) is 12.2. The summed E-state index contributed by atoms with van der Waals surface area (Å²) in [6.45, 7) is 4.93. The molecule has 0 radical (unpaired) electrons. The zero-order chi connectivity index (χ0) is 14.8. The first kappa shape index (κ1) is 13.2. The highest BCUT2D eigenvalue weighted by molar-refractivity contribution is 5.81. The minimum absolute atomic E-state index is 0.857. The van der Waals surface area contributed by atoms with Crippen LogP contribution in [0.15, 0.2) is 47.8 Å². The van der Waals surface area contributed by atoms with Crippen LogP contribution in [0.4, 0.5) is 5.69 Å². The van der Waals surface area contributed by atoms with E-state index in [0.29, 0.717) is 0 Å². The molecule has 0 unspecified atom stereocenters. The summed E-state index contributed by atoms with van der Waals surface area (Å²) < 4.78 is 5.03. The van der Waals surface area contributed by atoms with Crippen LogP contribution in [0.3, 0.4) is 0 Å². The number of anilines is 1. The van der Waals surface area contributed by atoms with Crippen LogP contribution in [0.2, 0.25) is 0 Å². The molecule has 0 spiro atoms. The van der Waals surface area contributed by atoms with Gasteiger partial charge in [-0.3, -0.25) is 4.90 Å². The first-order chi connectivity index (χ1) is 10.9. The van der Waals surface area contributed by atoms with Crippen molar-refractivity contribution >= 4 is 16.6 Å². The molecule has 22 heavy (non-hydrogen) atoms. The summed E-state index contributed by atoms with van der Waals surface area (Å²) in [5.74, 6) is 0. The van der Waals surface area contributed by atoms with Crippen molar-refractivity contribution in [2.24, 2.45) is 0 Å². The van der Waals surface area contributed by atoms with E-state index in [2.05, 4.69) is 43.0 Å². The summed E-state index contributed by atoms with van der Waals surface area (Å²) in [5, 5.41) is 1.09. The van der Waals surface area contributed by atoms with E-state index in [4.69, 9.17) is 4.42 Å². The second kappa shape index (κ2) is 5.73. The molecule has 1 aliphatic rings. The summed E-state index contributed by atoms with van der Waals surface area (Å²) in [6, 6.07) is 6.37. The van der Waals surface area contributed by atoms with Gasteiger partial charge in [-0.2, -0.15) is 0 Å². The molecule has 3 aromatic rings. The van der Waals surface area contributed by atoms with Gasteiger partial charge in [-0.25, -0.2) is 15.0 Å². The van der Waals surface area contributed by atoms with Crippen molar-refractivity contribution in [2.75, 3.05) is 31.1 Å². The van der Waals surface area contributed by atoms with Crippen molar-refractivity contribution in [1.82, 2.24) is 19.9 Å². The third-order valence-corrected chi connectivity index (χ3v) is 4.09. The Morgan fingerprint density at radius 2 is 2.00 bits per heavy atom. The Balaban J connectivity index is 1.43. The Bertz CT molecular complexity index is 750. The van der Waals surface area contributed by atoms with Gasteiger partial charge in [-0.05, 0) is 18.2 Å². The van der Waals surface area contributed by atoms with Crippen molar-refractivity contribution < 1.29 is 4.42 Å². The molecule has 1 aliphatic heterocycles. The van der Waals surface area contributed by atoms with Crippen molar-refractivity contribution in [3.63, 3.8) is 0 Å². The van der Waals surface area contributed by atoms with Crippen molar-refractivity contribution in [1.29, 1.82) is 0 Å². The van der Waals surface area contributed by atoms with Gasteiger partial charge in [0.05, 0.1) is 11.2 Å². The minimum Gasteiger partial charge on any atom is -0.451 e. The summed E-state index contributed by atoms with van der Waals surface area (Å²) in [4.78, 5) is 17.4. The second-order valence-electron chi connectivity index (χ2n) is 5.51. The first-order valence-electron chi connectivity index (χ1n) is 7.43. The number of hydrogen-bond acceptors (Lipinski definition) is 6. The topological polar surface area (TPSA) is 58.3 Å². The molecular weight excluding hydrogens is 278 g/mol. The molecule has 1 fully saturated rings. The van der Waals surface area contributed by atoms with Crippen LogP contribution >= 0.6 is 0 Å². The van der Waals surface area contributed by atoms with E-state index in [1.54, 1.807) is 12.6 Å². The Kier molecular flexibility index (Phi) is 3.44. The van der Waals surface area contributed by atoms with E-state index in [0.717, 1.165) is 49.3 Å². The van der Waals surface area contributed by atoms with Crippen LogP contribution in [-0.4, -0.2) is 46.0 Å². The van der Waals surface area contributed by atoms with Crippen molar-refractivity contribution in [3.8, 4) is 0 Å². The highest BCUT2D eigenvalue weighted by atomic mass is 16.3. The Morgan fingerprint density at radius 1 is 1.09 bits per heavy atom. The standard InChI is InChI=1S/C16H17N5O/c1-2-16-13(8-17-11-18-16)7-15(1)21-5-3-20(4-6-21)9-14-10-22-12-19-14/h1-2,7-8,10-12H,3-6,9H2. The average Bonchev–Trinajstić information content (AvgIpc) is 3.08. The monoisotopic (exact) mass is 295 g/mol. The third kappa shape index (κ3) is 2.65. The summed E-state index contributed by atoms with van der Waals surface area (Å²) in [7, 11) is 0. The van der Waals surface area contributed by atoms with Crippen LogP contribution < -0.4 is 4.90 Å². The fourth-order valence-corrected chi connectivity index (χ4v) is 2.88. The predicted molar refractivity (Wildman–Crippen MR) is 83.5 cm³/mol. The lowest BCUT2D eigenvalue weighted by Gasteiger charge is -2.35. The lowest BCUT2D eigenvalue weighted by molar-refractivity contribution is 0.247. The lowest BCUT2D eigenvalue weighted by atomic mass is 10.2. The van der Waals surface area contributed by atoms with Crippen LogP contribution in [0.5, 0.6) is 0 Å². The maximum atomic E-state index is 5.03. The lowest BCUT2D eigenvalue weighted by Crippen LogP contribution is -2.46. The number of oxazole rings is 1. The molecule has 112 valence electrons. The molecule has 0 N–H and O–H groups in total. The highest BCUT2D eigenvalue weighted by Gasteiger charge is 2.18. The van der Waals surface area contributed by atoms with Gasteiger partial charge in [-0.1, -0.05) is 0 Å². The maximum Gasteiger partial charge on any atom is 0.180 e. The Labute approximate surface area is 128 Å². The van der Waals surface area contributed by atoms with E-state index in [9.17, 15) is 0 Å². The Hall–Kier alpha value is -2.47. The SMILES string of the molecule is c1ncc2cc(N3CCN(Cc4cocn4)CC3)ccc2n1. The van der Waals surface area contributed by atoms with Gasteiger partial charge in [0.25, 0.3) is 0 Å². The molecule has 4 rings (SSSR count). The quantitative estimate of drug-likeness (QED) is 0.736. The molecular formula is C16H17N5O. The summed E-state index contributed by atoms with van der Waals surface area (Å²) in [6.07, 6.45) is 6.66. The van der Waals surface area contributed by atoms with Crippen molar-refractivity contribution in [3.05, 3.63) is 49.1 Å². The van der Waals surface area contributed by atoms with Gasteiger partial charge in [0.15, 0.2) is 6.39 Å². The fraction of sp³-hybridized carbons (Fsp3) is 0.312. The summed E-state index contributed by atoms with van der Waals surface area (Å²) in [5.41, 5.74) is 3.23. The molecule has 0 bridgehead atoms. The third-order valence-electron chi connectivity index (χ3n) is 4.09. The van der Waals surface area contributed by atoms with Gasteiger partial charge in [0.2, 0.25) is 0 Å². The molecule has 6 nitrogen and oxygen atoms in total. The van der Waals surface area contributed by atoms with Gasteiger partial charge in [0, 0.05) is 50.0 Å². The largest absolute Gasteiger partial charge is 0.451 e. The summed E-state index contributed by atoms with van der Waals surface area (Å²) >= 11 is 0. The van der Waals surface area contributed by atoms with Gasteiger partial charge >= 0.3 is 0 Å². The van der Waals surface area contributed by atoms with E-state index >= 15 is 0 Å². The first-order valence-corrected chi connectivity index (χ1v) is 7.43. The molecule has 0 aliphatic carbocycles. The Morgan fingerprint density at radius 3 is 2.82 bits per heavy atom. The van der Waals surface area contributed by atoms with Crippen LogP contribution in [0.1, 0.15) is 5.69 Å². The van der Waals surface area contributed by atoms with Crippen LogP contribution in [0, 0.1) is 0 Å². The molecule has 1 saturated heterocycles. The van der Waals surface area contributed by atoms with Crippen molar-refractivity contribution in [2.45, 2.75) is 6.54 Å². The molecule has 0 atom stereocenters. The number of benzene rings is 1. The molecule has 6 heteroatoms. The van der Waals surface area contributed by atoms with E-state index < -0.39 is 0 Å². The van der Waals surface area contributed by atoms with Gasteiger partial charge in [0.1, 0.15) is 12.6 Å². The fourth-order valence-electron chi connectivity index (χ4n) is 2.88. The normalized spacial score (nSPS) is 16.3. The van der Waals surface area contributed by atoms with E-state index in [-0.39, 0.29) is 0 Å². The average molecular weight is 295 g/mol. The maximum absolute atomic E-state index is 5.03. The number of hydrogen-bond donors (Lipinski definition) is 0. The number of nitrogens with zero attached hydrogens (tertiary/aromatic N) is 5. The van der Waals surface area contributed by atoms with Gasteiger partial charge < -0.3 is 9.32 Å². The smallest absolute Gasteiger partial charge is 0.180 e. The molecule has 1 aromatic carbocycles. The number of piperazine rings is 1.